The van der Waals surface area contributed by atoms with E-state index in [4.69, 9.17) is 0 Å². The molecule has 1 aromatic carbocycles. The van der Waals surface area contributed by atoms with Gasteiger partial charge < -0.3 is 9.88 Å². The molecule has 0 saturated heterocycles. The van der Waals surface area contributed by atoms with Crippen molar-refractivity contribution in [1.29, 1.82) is 0 Å². The van der Waals surface area contributed by atoms with Crippen molar-refractivity contribution < 1.29 is 9.72 Å². The lowest BCUT2D eigenvalue weighted by Crippen LogP contribution is -2.30. The number of aryl methyl sites for hydroxylation is 1. The Morgan fingerprint density at radius 1 is 1.43 bits per heavy atom. The monoisotopic (exact) mass is 315 g/mol. The number of nitro benzene ring substituents is 1. The molecule has 0 unspecified atom stereocenters. The molecule has 0 spiro atoms. The summed E-state index contributed by atoms with van der Waals surface area (Å²) in [5.41, 5.74) is 0.354. The van der Waals surface area contributed by atoms with Gasteiger partial charge in [0.2, 0.25) is 5.91 Å². The number of carbonyl (C=O) groups is 1. The van der Waals surface area contributed by atoms with E-state index in [0.29, 0.717) is 5.56 Å². The Morgan fingerprint density at radius 3 is 3.00 bits per heavy atom. The maximum atomic E-state index is 12.2. The number of carbonyl (C=O) groups excluding carboxylic acids is 1. The molecule has 120 valence electrons. The molecule has 8 nitrogen and oxygen atoms in total. The summed E-state index contributed by atoms with van der Waals surface area (Å²) in [5.74, 6) is 1.40. The minimum absolute atomic E-state index is 0.0392. The minimum Gasteiger partial charge on any atom is -0.346 e. The van der Waals surface area contributed by atoms with Crippen LogP contribution in [-0.4, -0.2) is 25.6 Å². The van der Waals surface area contributed by atoms with E-state index in [1.807, 2.05) is 11.5 Å². The van der Waals surface area contributed by atoms with E-state index in [1.165, 1.54) is 6.07 Å². The molecule has 0 radical (unpaired) electrons. The molecule has 1 aliphatic rings. The van der Waals surface area contributed by atoms with Crippen LogP contribution in [0.4, 0.5) is 5.69 Å². The Kier molecular flexibility index (Phi) is 4.05. The molecule has 8 heteroatoms. The zero-order valence-corrected chi connectivity index (χ0v) is 12.7. The molecule has 0 bridgehead atoms. The fourth-order valence-electron chi connectivity index (χ4n) is 2.86. The lowest BCUT2D eigenvalue weighted by atomic mass is 10.1. The van der Waals surface area contributed by atoms with Crippen LogP contribution in [0.15, 0.2) is 24.3 Å². The van der Waals surface area contributed by atoms with E-state index < -0.39 is 4.92 Å². The molecule has 3 rings (SSSR count). The summed E-state index contributed by atoms with van der Waals surface area (Å²) in [4.78, 5) is 22.7. The third-order valence-corrected chi connectivity index (χ3v) is 3.94. The molecular weight excluding hydrogens is 298 g/mol. The number of hydrogen-bond acceptors (Lipinski definition) is 5. The van der Waals surface area contributed by atoms with Gasteiger partial charge in [-0.3, -0.25) is 14.9 Å². The molecule has 1 aromatic heterocycles. The number of rotatable bonds is 5. The van der Waals surface area contributed by atoms with Gasteiger partial charge in [0.15, 0.2) is 5.82 Å². The Balaban J connectivity index is 1.69. The molecule has 2 heterocycles. The fourth-order valence-corrected chi connectivity index (χ4v) is 2.86. The highest BCUT2D eigenvalue weighted by molar-refractivity contribution is 5.80. The standard InChI is InChI=1S/C15H17N5O3/c1-10(15-18-17-13-7-4-8-19(13)15)16-14(21)9-11-5-2-3-6-12(11)20(22)23/h2-3,5-6,10H,4,7-9H2,1H3,(H,16,21)/t10-/m1/s1. The highest BCUT2D eigenvalue weighted by atomic mass is 16.6. The van der Waals surface area contributed by atoms with Crippen LogP contribution in [0.3, 0.4) is 0 Å². The van der Waals surface area contributed by atoms with Gasteiger partial charge in [0.1, 0.15) is 5.82 Å². The molecular formula is C15H17N5O3. The Morgan fingerprint density at radius 2 is 2.22 bits per heavy atom. The number of nitrogens with zero attached hydrogens (tertiary/aromatic N) is 4. The second kappa shape index (κ2) is 6.15. The number of nitro groups is 1. The number of nitrogens with one attached hydrogen (secondary N) is 1. The van der Waals surface area contributed by atoms with Crippen molar-refractivity contribution in [2.45, 2.75) is 38.8 Å². The van der Waals surface area contributed by atoms with Crippen LogP contribution < -0.4 is 5.32 Å². The highest BCUT2D eigenvalue weighted by Gasteiger charge is 2.23. The van der Waals surface area contributed by atoms with Crippen LogP contribution in [0.1, 0.15) is 36.6 Å². The van der Waals surface area contributed by atoms with Gasteiger partial charge in [-0.05, 0) is 13.3 Å². The van der Waals surface area contributed by atoms with Crippen molar-refractivity contribution in [3.63, 3.8) is 0 Å². The third-order valence-electron chi connectivity index (χ3n) is 3.94. The summed E-state index contributed by atoms with van der Waals surface area (Å²) in [5, 5.41) is 22.1. The fraction of sp³-hybridized carbons (Fsp3) is 0.400. The minimum atomic E-state index is -0.475. The van der Waals surface area contributed by atoms with Gasteiger partial charge in [-0.1, -0.05) is 18.2 Å². The van der Waals surface area contributed by atoms with Crippen molar-refractivity contribution in [3.05, 3.63) is 51.6 Å². The first-order valence-corrected chi connectivity index (χ1v) is 7.50. The van der Waals surface area contributed by atoms with E-state index in [1.54, 1.807) is 18.2 Å². The smallest absolute Gasteiger partial charge is 0.273 e. The summed E-state index contributed by atoms with van der Waals surface area (Å²) in [6.07, 6.45) is 1.90. The molecule has 1 aliphatic heterocycles. The van der Waals surface area contributed by atoms with E-state index >= 15 is 0 Å². The summed E-state index contributed by atoms with van der Waals surface area (Å²) >= 11 is 0. The van der Waals surface area contributed by atoms with Crippen LogP contribution in [0.2, 0.25) is 0 Å². The molecule has 0 aliphatic carbocycles. The van der Waals surface area contributed by atoms with Crippen LogP contribution in [0, 0.1) is 10.1 Å². The first-order valence-electron chi connectivity index (χ1n) is 7.50. The summed E-state index contributed by atoms with van der Waals surface area (Å²) in [6.45, 7) is 2.70. The van der Waals surface area contributed by atoms with E-state index in [2.05, 4.69) is 15.5 Å². The van der Waals surface area contributed by atoms with Crippen LogP contribution >= 0.6 is 0 Å². The Labute approximate surface area is 132 Å². The van der Waals surface area contributed by atoms with Crippen molar-refractivity contribution in [1.82, 2.24) is 20.1 Å². The predicted molar refractivity (Wildman–Crippen MR) is 81.7 cm³/mol. The quantitative estimate of drug-likeness (QED) is 0.666. The zero-order valence-electron chi connectivity index (χ0n) is 12.7. The SMILES string of the molecule is C[C@@H](NC(=O)Cc1ccccc1[N+](=O)[O-])c1nnc2n1CCC2. The summed E-state index contributed by atoms with van der Waals surface area (Å²) < 4.78 is 2.02. The number of amides is 1. The third kappa shape index (κ3) is 3.05. The molecule has 1 atom stereocenters. The van der Waals surface area contributed by atoms with Gasteiger partial charge in [0.05, 0.1) is 17.4 Å². The zero-order chi connectivity index (χ0) is 16.4. The average Bonchev–Trinajstić information content (AvgIpc) is 3.09. The molecule has 23 heavy (non-hydrogen) atoms. The molecule has 1 amide bonds. The van der Waals surface area contributed by atoms with Crippen LogP contribution in [0.25, 0.3) is 0 Å². The summed E-state index contributed by atoms with van der Waals surface area (Å²) in [6, 6.07) is 5.98. The molecule has 2 aromatic rings. The van der Waals surface area contributed by atoms with E-state index in [-0.39, 0.29) is 24.1 Å². The average molecular weight is 315 g/mol. The number of fused-ring (bicyclic) bond motifs is 1. The molecule has 0 saturated carbocycles. The van der Waals surface area contributed by atoms with Crippen LogP contribution in [0.5, 0.6) is 0 Å². The van der Waals surface area contributed by atoms with Crippen molar-refractivity contribution in [3.8, 4) is 0 Å². The normalized spacial score (nSPS) is 14.3. The number of aromatic nitrogens is 3. The Hall–Kier alpha value is -2.77. The maximum absolute atomic E-state index is 12.2. The second-order valence-corrected chi connectivity index (χ2v) is 5.58. The van der Waals surface area contributed by atoms with Gasteiger partial charge in [0.25, 0.3) is 5.69 Å². The predicted octanol–water partition coefficient (Wildman–Crippen LogP) is 1.55. The van der Waals surface area contributed by atoms with E-state index in [9.17, 15) is 14.9 Å². The summed E-state index contributed by atoms with van der Waals surface area (Å²) in [7, 11) is 0. The van der Waals surface area contributed by atoms with Crippen molar-refractivity contribution >= 4 is 11.6 Å². The van der Waals surface area contributed by atoms with Gasteiger partial charge in [0, 0.05) is 24.6 Å². The largest absolute Gasteiger partial charge is 0.346 e. The maximum Gasteiger partial charge on any atom is 0.273 e. The second-order valence-electron chi connectivity index (χ2n) is 5.58. The van der Waals surface area contributed by atoms with Crippen molar-refractivity contribution in [2.24, 2.45) is 0 Å². The molecule has 0 fully saturated rings. The van der Waals surface area contributed by atoms with Crippen molar-refractivity contribution in [2.75, 3.05) is 0 Å². The first-order chi connectivity index (χ1) is 11.1. The first kappa shape index (κ1) is 15.1. The number of para-hydroxylation sites is 1. The lowest BCUT2D eigenvalue weighted by Gasteiger charge is -2.14. The van der Waals surface area contributed by atoms with Gasteiger partial charge in [-0.2, -0.15) is 0 Å². The topological polar surface area (TPSA) is 103 Å². The van der Waals surface area contributed by atoms with E-state index in [0.717, 1.165) is 31.0 Å². The lowest BCUT2D eigenvalue weighted by molar-refractivity contribution is -0.385. The molecule has 1 N–H and O–H groups in total. The highest BCUT2D eigenvalue weighted by Crippen LogP contribution is 2.20. The van der Waals surface area contributed by atoms with Gasteiger partial charge in [-0.15, -0.1) is 10.2 Å². The van der Waals surface area contributed by atoms with Gasteiger partial charge >= 0.3 is 0 Å². The Bertz CT molecular complexity index is 755. The van der Waals surface area contributed by atoms with Crippen LogP contribution in [-0.2, 0) is 24.2 Å². The number of benzene rings is 1. The van der Waals surface area contributed by atoms with Gasteiger partial charge in [-0.25, -0.2) is 0 Å². The number of hydrogen-bond donors (Lipinski definition) is 1.